The van der Waals surface area contributed by atoms with Crippen LogP contribution in [-0.2, 0) is 0 Å². The molecule has 0 aliphatic heterocycles. The van der Waals surface area contributed by atoms with Crippen LogP contribution in [0.25, 0.3) is 71.3 Å². The first-order chi connectivity index (χ1) is 16.4. The van der Waals surface area contributed by atoms with Gasteiger partial charge in [0.2, 0.25) is 0 Å². The zero-order valence-electron chi connectivity index (χ0n) is 17.9. The number of fused-ring (bicyclic) bond motifs is 8. The van der Waals surface area contributed by atoms with Crippen molar-refractivity contribution in [3.8, 4) is 27.9 Å². The molecule has 1 aliphatic rings. The van der Waals surface area contributed by atoms with Gasteiger partial charge in [0.1, 0.15) is 0 Å². The van der Waals surface area contributed by atoms with Gasteiger partial charge in [0.05, 0.1) is 16.7 Å². The molecule has 0 unspecified atom stereocenters. The van der Waals surface area contributed by atoms with Crippen LogP contribution in [0.4, 0.5) is 0 Å². The normalized spacial score (nSPS) is 12.2. The van der Waals surface area contributed by atoms with Crippen LogP contribution < -0.4 is 0 Å². The lowest BCUT2D eigenvalue weighted by molar-refractivity contribution is 1.20. The predicted molar refractivity (Wildman–Crippen MR) is 140 cm³/mol. The fraction of sp³-hybridized carbons (Fsp3) is 0. The number of nitrogens with zero attached hydrogens (tertiary/aromatic N) is 1. The van der Waals surface area contributed by atoms with Crippen LogP contribution in [0.2, 0.25) is 0 Å². The van der Waals surface area contributed by atoms with E-state index in [4.69, 9.17) is 0 Å². The van der Waals surface area contributed by atoms with Gasteiger partial charge in [0.15, 0.2) is 0 Å². The monoisotopic (exact) mass is 417 g/mol. The van der Waals surface area contributed by atoms with E-state index in [0.717, 1.165) is 0 Å². The van der Waals surface area contributed by atoms with Crippen LogP contribution in [-0.4, -0.2) is 4.57 Å². The largest absolute Gasteiger partial charge is 0.309 e. The predicted octanol–water partition coefficient (Wildman–Crippen LogP) is 8.74. The summed E-state index contributed by atoms with van der Waals surface area (Å²) in [5, 5.41) is 7.89. The Bertz CT molecular complexity index is 1890. The zero-order chi connectivity index (χ0) is 21.5. The van der Waals surface area contributed by atoms with Crippen molar-refractivity contribution in [1.82, 2.24) is 4.57 Å². The SMILES string of the molecule is c1ccc2c(c1)-c1cccc3c(-n4c5ccccc5c5c6ccccc6ccc54)ccc-2c13. The first-order valence-electron chi connectivity index (χ1n) is 11.5. The van der Waals surface area contributed by atoms with Gasteiger partial charge in [-0.3, -0.25) is 0 Å². The van der Waals surface area contributed by atoms with Gasteiger partial charge in [0.25, 0.3) is 0 Å². The van der Waals surface area contributed by atoms with Crippen molar-refractivity contribution in [2.24, 2.45) is 0 Å². The van der Waals surface area contributed by atoms with Crippen molar-refractivity contribution >= 4 is 43.4 Å². The third-order valence-electron chi connectivity index (χ3n) is 7.33. The Kier molecular flexibility index (Phi) is 3.19. The molecule has 1 aliphatic carbocycles. The summed E-state index contributed by atoms with van der Waals surface area (Å²) in [6, 6.07) is 42.2. The minimum atomic E-state index is 1.24. The van der Waals surface area contributed by atoms with Crippen molar-refractivity contribution < 1.29 is 0 Å². The van der Waals surface area contributed by atoms with Gasteiger partial charge in [-0.1, -0.05) is 97.1 Å². The van der Waals surface area contributed by atoms with Crippen molar-refractivity contribution in [2.75, 3.05) is 0 Å². The molecule has 0 fully saturated rings. The molecule has 8 rings (SSSR count). The van der Waals surface area contributed by atoms with E-state index >= 15 is 0 Å². The van der Waals surface area contributed by atoms with Crippen LogP contribution in [0, 0.1) is 0 Å². The molecule has 0 atom stereocenters. The Morgan fingerprint density at radius 1 is 0.364 bits per heavy atom. The number of rotatable bonds is 1. The molecular formula is C32H19N. The molecule has 0 bridgehead atoms. The molecule has 0 saturated carbocycles. The van der Waals surface area contributed by atoms with Crippen molar-refractivity contribution in [3.05, 3.63) is 115 Å². The maximum absolute atomic E-state index is 2.46. The van der Waals surface area contributed by atoms with E-state index in [1.54, 1.807) is 0 Å². The fourth-order valence-corrected chi connectivity index (χ4v) is 5.99. The van der Waals surface area contributed by atoms with Gasteiger partial charge < -0.3 is 4.57 Å². The van der Waals surface area contributed by atoms with Gasteiger partial charge in [0, 0.05) is 16.2 Å². The highest BCUT2D eigenvalue weighted by atomic mass is 15.0. The molecule has 0 saturated heterocycles. The van der Waals surface area contributed by atoms with Crippen LogP contribution in [0.5, 0.6) is 0 Å². The molecule has 1 aromatic heterocycles. The summed E-state index contributed by atoms with van der Waals surface area (Å²) < 4.78 is 2.46. The Hall–Kier alpha value is -4.36. The highest BCUT2D eigenvalue weighted by Crippen LogP contribution is 2.49. The average molecular weight is 418 g/mol. The number of hydrogen-bond donors (Lipinski definition) is 0. The fourth-order valence-electron chi connectivity index (χ4n) is 5.99. The van der Waals surface area contributed by atoms with Gasteiger partial charge >= 0.3 is 0 Å². The van der Waals surface area contributed by atoms with E-state index in [0.29, 0.717) is 0 Å². The van der Waals surface area contributed by atoms with E-state index in [-0.39, 0.29) is 0 Å². The van der Waals surface area contributed by atoms with E-state index in [1.807, 2.05) is 0 Å². The number of aromatic nitrogens is 1. The molecular weight excluding hydrogens is 398 g/mol. The lowest BCUT2D eigenvalue weighted by Gasteiger charge is -2.13. The Morgan fingerprint density at radius 2 is 1.03 bits per heavy atom. The Balaban J connectivity index is 1.56. The van der Waals surface area contributed by atoms with Crippen LogP contribution in [0.1, 0.15) is 0 Å². The van der Waals surface area contributed by atoms with E-state index in [9.17, 15) is 0 Å². The van der Waals surface area contributed by atoms with Gasteiger partial charge in [-0.25, -0.2) is 0 Å². The minimum Gasteiger partial charge on any atom is -0.309 e. The van der Waals surface area contributed by atoms with Crippen molar-refractivity contribution in [3.63, 3.8) is 0 Å². The molecule has 6 aromatic carbocycles. The van der Waals surface area contributed by atoms with Crippen LogP contribution in [0.3, 0.4) is 0 Å². The number of benzene rings is 6. The van der Waals surface area contributed by atoms with E-state index in [1.165, 1.54) is 71.3 Å². The van der Waals surface area contributed by atoms with Gasteiger partial charge in [-0.2, -0.15) is 0 Å². The minimum absolute atomic E-state index is 1.24. The summed E-state index contributed by atoms with van der Waals surface area (Å²) in [6.45, 7) is 0. The zero-order valence-corrected chi connectivity index (χ0v) is 17.9. The highest BCUT2D eigenvalue weighted by molar-refractivity contribution is 6.23. The standard InChI is InChI=1S/C32H19N/c1-2-9-21-20(8-1)16-18-30-32(21)27-12-5-6-15-28(27)33(30)29-19-17-25-23-11-4-3-10-22(23)24-13-7-14-26(29)31(24)25/h1-19H. The molecule has 152 valence electrons. The van der Waals surface area contributed by atoms with Crippen molar-refractivity contribution in [2.45, 2.75) is 0 Å². The third kappa shape index (κ3) is 2.12. The molecule has 1 heterocycles. The second-order valence-electron chi connectivity index (χ2n) is 8.94. The summed E-state index contributed by atoms with van der Waals surface area (Å²) in [5.41, 5.74) is 9.10. The summed E-state index contributed by atoms with van der Waals surface area (Å²) in [5.74, 6) is 0. The summed E-state index contributed by atoms with van der Waals surface area (Å²) in [7, 11) is 0. The average Bonchev–Trinajstić information content (AvgIpc) is 3.39. The van der Waals surface area contributed by atoms with Gasteiger partial charge in [-0.05, 0) is 56.6 Å². The molecule has 7 aromatic rings. The first kappa shape index (κ1) is 17.2. The molecule has 0 amide bonds. The topological polar surface area (TPSA) is 4.93 Å². The molecule has 0 spiro atoms. The lowest BCUT2D eigenvalue weighted by atomic mass is 10.0. The van der Waals surface area contributed by atoms with E-state index in [2.05, 4.69) is 120 Å². The van der Waals surface area contributed by atoms with Crippen LogP contribution >= 0.6 is 0 Å². The maximum atomic E-state index is 2.46. The molecule has 1 nitrogen and oxygen atoms in total. The lowest BCUT2D eigenvalue weighted by Crippen LogP contribution is -1.95. The quantitative estimate of drug-likeness (QED) is 0.252. The van der Waals surface area contributed by atoms with E-state index < -0.39 is 0 Å². The summed E-state index contributed by atoms with van der Waals surface area (Å²) in [4.78, 5) is 0. The number of hydrogen-bond acceptors (Lipinski definition) is 0. The Morgan fingerprint density at radius 3 is 1.91 bits per heavy atom. The molecule has 0 radical (unpaired) electrons. The molecule has 0 N–H and O–H groups in total. The number of para-hydroxylation sites is 1. The highest BCUT2D eigenvalue weighted by Gasteiger charge is 2.23. The molecule has 1 heteroatoms. The summed E-state index contributed by atoms with van der Waals surface area (Å²) >= 11 is 0. The second kappa shape index (κ2) is 6.11. The van der Waals surface area contributed by atoms with Gasteiger partial charge in [-0.15, -0.1) is 0 Å². The smallest absolute Gasteiger partial charge is 0.0547 e. The van der Waals surface area contributed by atoms with Crippen molar-refractivity contribution in [1.29, 1.82) is 0 Å². The first-order valence-corrected chi connectivity index (χ1v) is 11.5. The summed E-state index contributed by atoms with van der Waals surface area (Å²) in [6.07, 6.45) is 0. The Labute approximate surface area is 191 Å². The maximum Gasteiger partial charge on any atom is 0.0547 e. The second-order valence-corrected chi connectivity index (χ2v) is 8.94. The van der Waals surface area contributed by atoms with Crippen LogP contribution in [0.15, 0.2) is 115 Å². The third-order valence-corrected chi connectivity index (χ3v) is 7.33. The molecule has 33 heavy (non-hydrogen) atoms.